The summed E-state index contributed by atoms with van der Waals surface area (Å²) in [6.07, 6.45) is 3.72. The lowest BCUT2D eigenvalue weighted by Gasteiger charge is -2.19. The summed E-state index contributed by atoms with van der Waals surface area (Å²) in [4.78, 5) is 12.2. The molecule has 0 fully saturated rings. The number of benzene rings is 1. The molecule has 0 saturated carbocycles. The molecular weight excluding hydrogens is 248 g/mol. The molecule has 0 bridgehead atoms. The van der Waals surface area contributed by atoms with Crippen molar-refractivity contribution >= 4 is 0 Å². The summed E-state index contributed by atoms with van der Waals surface area (Å²) in [5.74, 6) is 0. The Morgan fingerprint density at radius 3 is 2.10 bits per heavy atom. The molecule has 108 valence electrons. The summed E-state index contributed by atoms with van der Waals surface area (Å²) in [5, 5.41) is 0. The second kappa shape index (κ2) is 5.31. The van der Waals surface area contributed by atoms with E-state index in [0.717, 1.165) is 5.56 Å². The molecule has 1 heterocycles. The van der Waals surface area contributed by atoms with Gasteiger partial charge in [-0.15, -0.1) is 0 Å². The highest BCUT2D eigenvalue weighted by molar-refractivity contribution is 5.27. The van der Waals surface area contributed by atoms with E-state index in [1.807, 2.05) is 26.2 Å². The Labute approximate surface area is 120 Å². The van der Waals surface area contributed by atoms with Gasteiger partial charge in [0.15, 0.2) is 0 Å². The zero-order valence-electron chi connectivity index (χ0n) is 13.1. The fourth-order valence-corrected chi connectivity index (χ4v) is 2.25. The summed E-state index contributed by atoms with van der Waals surface area (Å²) in [7, 11) is 0. The van der Waals surface area contributed by atoms with Gasteiger partial charge in [0.1, 0.15) is 0 Å². The van der Waals surface area contributed by atoms with E-state index in [2.05, 4.69) is 45.0 Å². The molecule has 0 aliphatic rings. The SMILES string of the molecule is CC(C)n1ccn(Cc2ccc(C(C)(C)C)cc2)c1=O. The third-order valence-corrected chi connectivity index (χ3v) is 3.60. The van der Waals surface area contributed by atoms with Crippen LogP contribution in [0.4, 0.5) is 0 Å². The van der Waals surface area contributed by atoms with Gasteiger partial charge in [0.05, 0.1) is 6.54 Å². The van der Waals surface area contributed by atoms with E-state index in [9.17, 15) is 4.79 Å². The minimum atomic E-state index is 0.0555. The largest absolute Gasteiger partial charge is 0.328 e. The van der Waals surface area contributed by atoms with Crippen LogP contribution in [0.15, 0.2) is 41.5 Å². The Morgan fingerprint density at radius 1 is 1.05 bits per heavy atom. The van der Waals surface area contributed by atoms with E-state index in [0.29, 0.717) is 6.54 Å². The second-order valence-electron chi connectivity index (χ2n) is 6.66. The van der Waals surface area contributed by atoms with Gasteiger partial charge in [-0.05, 0) is 30.4 Å². The Hall–Kier alpha value is -1.77. The molecule has 0 radical (unpaired) electrons. The zero-order chi connectivity index (χ0) is 14.9. The third-order valence-electron chi connectivity index (χ3n) is 3.60. The van der Waals surface area contributed by atoms with Crippen LogP contribution >= 0.6 is 0 Å². The first-order chi connectivity index (χ1) is 9.29. The molecule has 1 aromatic carbocycles. The van der Waals surface area contributed by atoms with Crippen molar-refractivity contribution < 1.29 is 0 Å². The summed E-state index contributed by atoms with van der Waals surface area (Å²) in [6, 6.07) is 8.73. The van der Waals surface area contributed by atoms with Crippen LogP contribution in [-0.2, 0) is 12.0 Å². The van der Waals surface area contributed by atoms with Crippen molar-refractivity contribution in [2.45, 2.75) is 52.6 Å². The van der Waals surface area contributed by atoms with Gasteiger partial charge in [-0.1, -0.05) is 45.0 Å². The minimum Gasteiger partial charge on any atom is -0.297 e. The highest BCUT2D eigenvalue weighted by Crippen LogP contribution is 2.22. The van der Waals surface area contributed by atoms with E-state index in [1.54, 1.807) is 9.13 Å². The predicted molar refractivity (Wildman–Crippen MR) is 83.3 cm³/mol. The first-order valence-electron chi connectivity index (χ1n) is 7.16. The van der Waals surface area contributed by atoms with Crippen LogP contribution in [0.5, 0.6) is 0 Å². The van der Waals surface area contributed by atoms with E-state index >= 15 is 0 Å². The summed E-state index contributed by atoms with van der Waals surface area (Å²) in [5.41, 5.74) is 2.69. The average Bonchev–Trinajstić information content (AvgIpc) is 2.71. The highest BCUT2D eigenvalue weighted by atomic mass is 16.1. The fraction of sp³-hybridized carbons (Fsp3) is 0.471. The van der Waals surface area contributed by atoms with Crippen molar-refractivity contribution in [3.63, 3.8) is 0 Å². The van der Waals surface area contributed by atoms with Crippen molar-refractivity contribution in [3.8, 4) is 0 Å². The van der Waals surface area contributed by atoms with Crippen molar-refractivity contribution in [1.29, 1.82) is 0 Å². The molecule has 0 aliphatic carbocycles. The lowest BCUT2D eigenvalue weighted by molar-refractivity contribution is 0.561. The van der Waals surface area contributed by atoms with Crippen molar-refractivity contribution in [1.82, 2.24) is 9.13 Å². The zero-order valence-corrected chi connectivity index (χ0v) is 13.1. The number of rotatable bonds is 3. The Morgan fingerprint density at radius 2 is 1.65 bits per heavy atom. The van der Waals surface area contributed by atoms with Gasteiger partial charge in [0, 0.05) is 18.4 Å². The van der Waals surface area contributed by atoms with Crippen molar-refractivity contribution in [2.75, 3.05) is 0 Å². The maximum atomic E-state index is 12.2. The first kappa shape index (κ1) is 14.6. The molecule has 3 nitrogen and oxygen atoms in total. The van der Waals surface area contributed by atoms with Crippen molar-refractivity contribution in [3.05, 3.63) is 58.3 Å². The second-order valence-corrected chi connectivity index (χ2v) is 6.66. The molecule has 0 N–H and O–H groups in total. The van der Waals surface area contributed by atoms with Crippen LogP contribution in [0.25, 0.3) is 0 Å². The summed E-state index contributed by atoms with van der Waals surface area (Å²) in [6.45, 7) is 11.3. The molecule has 2 rings (SSSR count). The number of nitrogens with zero attached hydrogens (tertiary/aromatic N) is 2. The normalized spacial score (nSPS) is 12.1. The molecule has 20 heavy (non-hydrogen) atoms. The number of hydrogen-bond acceptors (Lipinski definition) is 1. The van der Waals surface area contributed by atoms with Gasteiger partial charge in [0.25, 0.3) is 0 Å². The number of aromatic nitrogens is 2. The Kier molecular flexibility index (Phi) is 3.89. The van der Waals surface area contributed by atoms with Gasteiger partial charge in [0.2, 0.25) is 0 Å². The average molecular weight is 272 g/mol. The Bertz CT molecular complexity index is 624. The molecule has 0 atom stereocenters. The van der Waals surface area contributed by atoms with E-state index in [1.165, 1.54) is 5.56 Å². The minimum absolute atomic E-state index is 0.0555. The first-order valence-corrected chi connectivity index (χ1v) is 7.16. The highest BCUT2D eigenvalue weighted by Gasteiger charge is 2.13. The molecule has 0 spiro atoms. The number of hydrogen-bond donors (Lipinski definition) is 0. The summed E-state index contributed by atoms with van der Waals surface area (Å²) >= 11 is 0. The van der Waals surface area contributed by atoms with Crippen LogP contribution in [0, 0.1) is 0 Å². The monoisotopic (exact) mass is 272 g/mol. The van der Waals surface area contributed by atoms with Crippen LogP contribution in [-0.4, -0.2) is 9.13 Å². The van der Waals surface area contributed by atoms with Crippen LogP contribution in [0.3, 0.4) is 0 Å². The molecule has 0 aliphatic heterocycles. The smallest absolute Gasteiger partial charge is 0.297 e. The molecule has 2 aromatic rings. The van der Waals surface area contributed by atoms with Gasteiger partial charge >= 0.3 is 5.69 Å². The standard InChI is InChI=1S/C17H24N2O/c1-13(2)19-11-10-18(16(19)20)12-14-6-8-15(9-7-14)17(3,4)5/h6-11,13H,12H2,1-5H3. The Balaban J connectivity index is 2.21. The molecule has 0 amide bonds. The number of imidazole rings is 1. The quantitative estimate of drug-likeness (QED) is 0.839. The molecule has 1 aromatic heterocycles. The van der Waals surface area contributed by atoms with Gasteiger partial charge in [-0.3, -0.25) is 9.13 Å². The molecule has 0 unspecified atom stereocenters. The van der Waals surface area contributed by atoms with E-state index in [4.69, 9.17) is 0 Å². The van der Waals surface area contributed by atoms with E-state index < -0.39 is 0 Å². The van der Waals surface area contributed by atoms with E-state index in [-0.39, 0.29) is 17.1 Å². The lowest BCUT2D eigenvalue weighted by Crippen LogP contribution is -2.25. The van der Waals surface area contributed by atoms with Crippen LogP contribution < -0.4 is 5.69 Å². The lowest BCUT2D eigenvalue weighted by atomic mass is 9.87. The predicted octanol–water partition coefficient (Wildman–Crippen LogP) is 3.58. The van der Waals surface area contributed by atoms with Crippen molar-refractivity contribution in [2.24, 2.45) is 0 Å². The van der Waals surface area contributed by atoms with Crippen LogP contribution in [0.1, 0.15) is 51.8 Å². The molecule has 0 saturated heterocycles. The van der Waals surface area contributed by atoms with Gasteiger partial charge < -0.3 is 0 Å². The topological polar surface area (TPSA) is 26.9 Å². The fourth-order valence-electron chi connectivity index (χ4n) is 2.25. The van der Waals surface area contributed by atoms with Crippen LogP contribution in [0.2, 0.25) is 0 Å². The molecule has 3 heteroatoms. The van der Waals surface area contributed by atoms with Gasteiger partial charge in [-0.25, -0.2) is 4.79 Å². The summed E-state index contributed by atoms with van der Waals surface area (Å²) < 4.78 is 3.51. The van der Waals surface area contributed by atoms with Gasteiger partial charge in [-0.2, -0.15) is 0 Å². The maximum absolute atomic E-state index is 12.2. The molecular formula is C17H24N2O. The maximum Gasteiger partial charge on any atom is 0.328 e. The third kappa shape index (κ3) is 3.03.